The molecule has 1 aromatic rings. The van der Waals surface area contributed by atoms with E-state index in [2.05, 4.69) is 4.72 Å². The molecule has 26 heavy (non-hydrogen) atoms. The van der Waals surface area contributed by atoms with Crippen molar-refractivity contribution in [2.45, 2.75) is 51.0 Å². The van der Waals surface area contributed by atoms with Crippen LogP contribution in [0.5, 0.6) is 0 Å². The number of nitrogens with zero attached hydrogens (tertiary/aromatic N) is 1. The molecule has 146 valence electrons. The number of carbonyl (C=O) groups is 1. The van der Waals surface area contributed by atoms with Crippen molar-refractivity contribution >= 4 is 16.0 Å². The maximum absolute atomic E-state index is 12.4. The van der Waals surface area contributed by atoms with Gasteiger partial charge in [-0.15, -0.1) is 0 Å². The van der Waals surface area contributed by atoms with Crippen molar-refractivity contribution in [3.8, 4) is 0 Å². The van der Waals surface area contributed by atoms with Crippen molar-refractivity contribution in [3.05, 3.63) is 29.8 Å². The van der Waals surface area contributed by atoms with Gasteiger partial charge in [0.15, 0.2) is 0 Å². The summed E-state index contributed by atoms with van der Waals surface area (Å²) in [5.41, 5.74) is 0.532. The topological polar surface area (TPSA) is 75.7 Å². The van der Waals surface area contributed by atoms with Gasteiger partial charge in [-0.25, -0.2) is 13.1 Å². The highest BCUT2D eigenvalue weighted by molar-refractivity contribution is 7.89. The summed E-state index contributed by atoms with van der Waals surface area (Å²) in [6.07, 6.45) is 1.89. The zero-order valence-electron chi connectivity index (χ0n) is 16.1. The number of benzene rings is 1. The molecule has 0 saturated carbocycles. The summed E-state index contributed by atoms with van der Waals surface area (Å²) in [5, 5.41) is 0. The van der Waals surface area contributed by atoms with Gasteiger partial charge in [-0.05, 0) is 65.1 Å². The highest BCUT2D eigenvalue weighted by Crippen LogP contribution is 2.18. The molecule has 2 rings (SSSR count). The molecule has 1 fully saturated rings. The van der Waals surface area contributed by atoms with Crippen LogP contribution < -0.4 is 4.72 Å². The molecular weight excluding hydrogens is 352 g/mol. The van der Waals surface area contributed by atoms with Gasteiger partial charge in [0.2, 0.25) is 10.0 Å². The van der Waals surface area contributed by atoms with Gasteiger partial charge in [-0.1, -0.05) is 17.7 Å². The summed E-state index contributed by atoms with van der Waals surface area (Å²) < 4.78 is 32.9. The summed E-state index contributed by atoms with van der Waals surface area (Å²) in [6, 6.07) is 6.82. The van der Waals surface area contributed by atoms with Crippen LogP contribution in [0.4, 0.5) is 0 Å². The Morgan fingerprint density at radius 2 is 1.92 bits per heavy atom. The van der Waals surface area contributed by atoms with Crippen molar-refractivity contribution in [1.29, 1.82) is 0 Å². The van der Waals surface area contributed by atoms with Gasteiger partial charge >= 0.3 is 5.97 Å². The Bertz CT molecular complexity index is 708. The molecule has 1 unspecified atom stereocenters. The molecule has 0 aromatic heterocycles. The SMILES string of the molecule is Cc1ccc(S(=O)(=O)NCC2CCCN(CC(=O)OC(C)(C)C)C2)cc1. The van der Waals surface area contributed by atoms with E-state index >= 15 is 0 Å². The smallest absolute Gasteiger partial charge is 0.320 e. The fourth-order valence-electron chi connectivity index (χ4n) is 3.05. The van der Waals surface area contributed by atoms with Crippen molar-refractivity contribution < 1.29 is 17.9 Å². The molecule has 1 saturated heterocycles. The molecule has 0 spiro atoms. The summed E-state index contributed by atoms with van der Waals surface area (Å²) in [4.78, 5) is 14.3. The van der Waals surface area contributed by atoms with E-state index in [1.165, 1.54) is 0 Å². The zero-order chi connectivity index (χ0) is 19.4. The fraction of sp³-hybridized carbons (Fsp3) is 0.632. The van der Waals surface area contributed by atoms with Gasteiger partial charge in [-0.2, -0.15) is 0 Å². The Balaban J connectivity index is 1.86. The minimum Gasteiger partial charge on any atom is -0.459 e. The number of sulfonamides is 1. The molecule has 0 aliphatic carbocycles. The second-order valence-electron chi connectivity index (χ2n) is 7.99. The van der Waals surface area contributed by atoms with Gasteiger partial charge in [0.25, 0.3) is 0 Å². The minimum absolute atomic E-state index is 0.186. The van der Waals surface area contributed by atoms with Gasteiger partial charge in [-0.3, -0.25) is 9.69 Å². The molecule has 1 N–H and O–H groups in total. The van der Waals surface area contributed by atoms with E-state index in [0.717, 1.165) is 24.9 Å². The van der Waals surface area contributed by atoms with Crippen LogP contribution in [0.2, 0.25) is 0 Å². The van der Waals surface area contributed by atoms with Crippen LogP contribution >= 0.6 is 0 Å². The maximum Gasteiger partial charge on any atom is 0.320 e. The van der Waals surface area contributed by atoms with E-state index in [0.29, 0.717) is 13.1 Å². The Morgan fingerprint density at radius 1 is 1.27 bits per heavy atom. The quantitative estimate of drug-likeness (QED) is 0.764. The molecule has 0 amide bonds. The Morgan fingerprint density at radius 3 is 2.54 bits per heavy atom. The fourth-order valence-corrected chi connectivity index (χ4v) is 4.16. The summed E-state index contributed by atoms with van der Waals surface area (Å²) in [5.74, 6) is -0.0511. The lowest BCUT2D eigenvalue weighted by atomic mass is 9.98. The lowest BCUT2D eigenvalue weighted by Crippen LogP contribution is -2.44. The van der Waals surface area contributed by atoms with Gasteiger partial charge in [0, 0.05) is 13.1 Å². The number of rotatable bonds is 6. The van der Waals surface area contributed by atoms with Crippen LogP contribution in [0.15, 0.2) is 29.2 Å². The average Bonchev–Trinajstić information content (AvgIpc) is 2.52. The van der Waals surface area contributed by atoms with E-state index in [-0.39, 0.29) is 23.3 Å². The number of aryl methyl sites for hydroxylation is 1. The van der Waals surface area contributed by atoms with E-state index in [1.807, 2.05) is 32.6 Å². The highest BCUT2D eigenvalue weighted by atomic mass is 32.2. The summed E-state index contributed by atoms with van der Waals surface area (Å²) >= 11 is 0. The van der Waals surface area contributed by atoms with Gasteiger partial charge in [0.05, 0.1) is 11.4 Å². The van der Waals surface area contributed by atoms with E-state index in [1.54, 1.807) is 24.3 Å². The molecule has 1 aliphatic heterocycles. The normalized spacial score (nSPS) is 19.3. The molecule has 0 radical (unpaired) electrons. The molecule has 1 aliphatic rings. The van der Waals surface area contributed by atoms with Crippen LogP contribution in [0.25, 0.3) is 0 Å². The van der Waals surface area contributed by atoms with Crippen molar-refractivity contribution in [1.82, 2.24) is 9.62 Å². The average molecular weight is 383 g/mol. The second kappa shape index (κ2) is 8.50. The monoisotopic (exact) mass is 382 g/mol. The largest absolute Gasteiger partial charge is 0.459 e. The summed E-state index contributed by atoms with van der Waals surface area (Å²) in [7, 11) is -3.50. The first-order valence-corrected chi connectivity index (χ1v) is 10.5. The third kappa shape index (κ3) is 6.70. The standard InChI is InChI=1S/C19H30N2O4S/c1-15-7-9-17(10-8-15)26(23,24)20-12-16-6-5-11-21(13-16)14-18(22)25-19(2,3)4/h7-10,16,20H,5-6,11-14H2,1-4H3. The zero-order valence-corrected chi connectivity index (χ0v) is 16.9. The van der Waals surface area contributed by atoms with Gasteiger partial charge < -0.3 is 4.74 Å². The van der Waals surface area contributed by atoms with Crippen molar-refractivity contribution in [3.63, 3.8) is 0 Å². The predicted octanol–water partition coefficient (Wildman–Crippen LogP) is 2.33. The number of hydrogen-bond acceptors (Lipinski definition) is 5. The number of piperidine rings is 1. The number of hydrogen-bond donors (Lipinski definition) is 1. The first kappa shape index (κ1) is 20.9. The number of carbonyl (C=O) groups excluding carboxylic acids is 1. The van der Waals surface area contributed by atoms with E-state index in [4.69, 9.17) is 4.74 Å². The summed E-state index contributed by atoms with van der Waals surface area (Å²) in [6.45, 7) is 9.62. The third-order valence-corrected chi connectivity index (χ3v) is 5.71. The second-order valence-corrected chi connectivity index (χ2v) is 9.76. The lowest BCUT2D eigenvalue weighted by molar-refractivity contribution is -0.156. The maximum atomic E-state index is 12.4. The Labute approximate surface area is 157 Å². The Kier molecular flexibility index (Phi) is 6.82. The minimum atomic E-state index is -3.50. The predicted molar refractivity (Wildman–Crippen MR) is 101 cm³/mol. The van der Waals surface area contributed by atoms with Crippen LogP contribution in [0.3, 0.4) is 0 Å². The van der Waals surface area contributed by atoms with Crippen LogP contribution in [0, 0.1) is 12.8 Å². The molecular formula is C19H30N2O4S. The lowest BCUT2D eigenvalue weighted by Gasteiger charge is -2.32. The third-order valence-electron chi connectivity index (χ3n) is 4.27. The molecule has 7 heteroatoms. The number of esters is 1. The molecule has 6 nitrogen and oxygen atoms in total. The van der Waals surface area contributed by atoms with Crippen LogP contribution in [-0.4, -0.2) is 51.1 Å². The first-order valence-electron chi connectivity index (χ1n) is 9.06. The van der Waals surface area contributed by atoms with E-state index in [9.17, 15) is 13.2 Å². The van der Waals surface area contributed by atoms with Crippen LogP contribution in [0.1, 0.15) is 39.2 Å². The molecule has 1 atom stereocenters. The van der Waals surface area contributed by atoms with Crippen molar-refractivity contribution in [2.75, 3.05) is 26.2 Å². The number of likely N-dealkylation sites (tertiary alicyclic amines) is 1. The van der Waals surface area contributed by atoms with Crippen LogP contribution in [-0.2, 0) is 19.6 Å². The molecule has 1 heterocycles. The van der Waals surface area contributed by atoms with E-state index < -0.39 is 15.6 Å². The highest BCUT2D eigenvalue weighted by Gasteiger charge is 2.25. The Hall–Kier alpha value is -1.44. The first-order chi connectivity index (χ1) is 12.0. The number of ether oxygens (including phenoxy) is 1. The van der Waals surface area contributed by atoms with Crippen molar-refractivity contribution in [2.24, 2.45) is 5.92 Å². The number of nitrogens with one attached hydrogen (secondary N) is 1. The molecule has 0 bridgehead atoms. The van der Waals surface area contributed by atoms with Gasteiger partial charge in [0.1, 0.15) is 5.60 Å². The molecule has 1 aromatic carbocycles.